The molecule has 0 unspecified atom stereocenters. The highest BCUT2D eigenvalue weighted by Gasteiger charge is 2.45. The Morgan fingerprint density at radius 2 is 1.92 bits per heavy atom. The number of nitrogens with zero attached hydrogens (tertiary/aromatic N) is 1. The quantitative estimate of drug-likeness (QED) is 0.316. The van der Waals surface area contributed by atoms with Crippen molar-refractivity contribution in [3.05, 3.63) is 35.6 Å². The zero-order valence-corrected chi connectivity index (χ0v) is 17.2. The summed E-state index contributed by atoms with van der Waals surface area (Å²) in [6, 6.07) is 6.96. The van der Waals surface area contributed by atoms with Crippen molar-refractivity contribution in [3.63, 3.8) is 0 Å². The van der Waals surface area contributed by atoms with Crippen molar-refractivity contribution in [1.82, 2.24) is 16.0 Å². The number of guanidine groups is 1. The summed E-state index contributed by atoms with van der Waals surface area (Å²) in [6.45, 7) is 3.88. The smallest absolute Gasteiger partial charge is 0.221 e. The number of hydrogen-bond acceptors (Lipinski definition) is 2. The lowest BCUT2D eigenvalue weighted by Gasteiger charge is -2.19. The Kier molecular flexibility index (Phi) is 9.16. The van der Waals surface area contributed by atoms with Crippen LogP contribution in [0, 0.1) is 5.82 Å². The van der Waals surface area contributed by atoms with E-state index >= 15 is 0 Å². The summed E-state index contributed by atoms with van der Waals surface area (Å²) in [5, 5.41) is 9.22. The Morgan fingerprint density at radius 3 is 2.52 bits per heavy atom. The van der Waals surface area contributed by atoms with Crippen LogP contribution < -0.4 is 16.0 Å². The molecule has 5 nitrogen and oxygen atoms in total. The van der Waals surface area contributed by atoms with Gasteiger partial charge in [-0.2, -0.15) is 0 Å². The number of hydrogen-bond donors (Lipinski definition) is 3. The second kappa shape index (κ2) is 10.6. The minimum atomic E-state index is -0.146. The zero-order valence-electron chi connectivity index (χ0n) is 14.9. The van der Waals surface area contributed by atoms with Crippen LogP contribution in [-0.2, 0) is 10.2 Å². The molecule has 25 heavy (non-hydrogen) atoms. The summed E-state index contributed by atoms with van der Waals surface area (Å²) in [5.74, 6) is 0.526. The molecule has 2 rings (SSSR count). The number of aliphatic imine (C=N–C) groups is 1. The van der Waals surface area contributed by atoms with E-state index in [2.05, 4.69) is 20.9 Å². The van der Waals surface area contributed by atoms with Gasteiger partial charge in [-0.25, -0.2) is 4.39 Å². The minimum absolute atomic E-state index is 0. The maximum absolute atomic E-state index is 14.0. The molecule has 0 radical (unpaired) electrons. The lowest BCUT2D eigenvalue weighted by molar-refractivity contribution is -0.120. The fourth-order valence-corrected chi connectivity index (χ4v) is 2.70. The zero-order chi connectivity index (χ0) is 17.4. The van der Waals surface area contributed by atoms with Gasteiger partial charge in [0.1, 0.15) is 5.82 Å². The summed E-state index contributed by atoms with van der Waals surface area (Å²) in [5.41, 5.74) is 0.633. The molecule has 0 heterocycles. The van der Waals surface area contributed by atoms with E-state index in [4.69, 9.17) is 0 Å². The van der Waals surface area contributed by atoms with E-state index in [1.54, 1.807) is 13.1 Å². The lowest BCUT2D eigenvalue weighted by atomic mass is 9.95. The van der Waals surface area contributed by atoms with Gasteiger partial charge in [-0.3, -0.25) is 9.79 Å². The third-order valence-electron chi connectivity index (χ3n) is 4.33. The van der Waals surface area contributed by atoms with E-state index in [0.717, 1.165) is 24.8 Å². The van der Waals surface area contributed by atoms with Gasteiger partial charge in [-0.15, -0.1) is 24.0 Å². The van der Waals surface area contributed by atoms with E-state index in [1.165, 1.54) is 6.07 Å². The molecule has 140 valence electrons. The summed E-state index contributed by atoms with van der Waals surface area (Å²) in [4.78, 5) is 15.7. The third-order valence-corrected chi connectivity index (χ3v) is 4.33. The average Bonchev–Trinajstić information content (AvgIpc) is 3.37. The molecular formula is C18H28FIN4O. The normalized spacial score (nSPS) is 15.1. The maximum Gasteiger partial charge on any atom is 0.221 e. The Balaban J connectivity index is 0.00000312. The van der Waals surface area contributed by atoms with Crippen LogP contribution in [0.2, 0.25) is 0 Å². The number of amides is 1. The van der Waals surface area contributed by atoms with Gasteiger partial charge in [-0.05, 0) is 30.9 Å². The summed E-state index contributed by atoms with van der Waals surface area (Å²) >= 11 is 0. The van der Waals surface area contributed by atoms with Crippen LogP contribution in [0.4, 0.5) is 4.39 Å². The highest BCUT2D eigenvalue weighted by Crippen LogP contribution is 2.48. The topological polar surface area (TPSA) is 65.5 Å². The lowest BCUT2D eigenvalue weighted by Crippen LogP contribution is -2.42. The van der Waals surface area contributed by atoms with Gasteiger partial charge in [0.2, 0.25) is 5.91 Å². The summed E-state index contributed by atoms with van der Waals surface area (Å²) < 4.78 is 14.0. The number of carbonyl (C=O) groups excluding carboxylic acids is 1. The number of halogens is 2. The van der Waals surface area contributed by atoms with Crippen LogP contribution >= 0.6 is 24.0 Å². The van der Waals surface area contributed by atoms with Crippen molar-refractivity contribution in [3.8, 4) is 0 Å². The molecule has 3 N–H and O–H groups in total. The maximum atomic E-state index is 14.0. The highest BCUT2D eigenvalue weighted by atomic mass is 127. The molecule has 1 saturated carbocycles. The Hall–Kier alpha value is -1.38. The molecule has 1 aromatic carbocycles. The molecule has 0 spiro atoms. The monoisotopic (exact) mass is 462 g/mol. The number of benzene rings is 1. The molecule has 1 aromatic rings. The number of carbonyl (C=O) groups is 1. The van der Waals surface area contributed by atoms with E-state index in [-0.39, 0.29) is 41.1 Å². The molecule has 1 fully saturated rings. The Morgan fingerprint density at radius 1 is 1.20 bits per heavy atom. The first kappa shape index (κ1) is 21.7. The predicted octanol–water partition coefficient (Wildman–Crippen LogP) is 2.56. The van der Waals surface area contributed by atoms with Crippen molar-refractivity contribution in [2.45, 2.75) is 38.0 Å². The van der Waals surface area contributed by atoms with E-state index in [0.29, 0.717) is 32.0 Å². The van der Waals surface area contributed by atoms with Gasteiger partial charge in [0.05, 0.1) is 0 Å². The summed E-state index contributed by atoms with van der Waals surface area (Å²) in [6.07, 6.45) is 3.27. The van der Waals surface area contributed by atoms with Crippen LogP contribution in [0.1, 0.15) is 38.2 Å². The van der Waals surface area contributed by atoms with E-state index < -0.39 is 0 Å². The molecule has 0 atom stereocenters. The Labute approximate surface area is 166 Å². The summed E-state index contributed by atoms with van der Waals surface area (Å²) in [7, 11) is 1.69. The fraction of sp³-hybridized carbons (Fsp3) is 0.556. The number of rotatable bonds is 8. The minimum Gasteiger partial charge on any atom is -0.356 e. The molecule has 0 saturated heterocycles. The second-order valence-corrected chi connectivity index (χ2v) is 6.21. The van der Waals surface area contributed by atoms with Gasteiger partial charge in [0.25, 0.3) is 0 Å². The largest absolute Gasteiger partial charge is 0.356 e. The van der Waals surface area contributed by atoms with Crippen molar-refractivity contribution < 1.29 is 9.18 Å². The molecule has 1 aliphatic rings. The van der Waals surface area contributed by atoms with Crippen LogP contribution in [-0.4, -0.2) is 38.5 Å². The fourth-order valence-electron chi connectivity index (χ4n) is 2.70. The third kappa shape index (κ3) is 6.45. The van der Waals surface area contributed by atoms with Crippen LogP contribution in [0.5, 0.6) is 0 Å². The first-order valence-corrected chi connectivity index (χ1v) is 8.57. The van der Waals surface area contributed by atoms with Crippen LogP contribution in [0.3, 0.4) is 0 Å². The van der Waals surface area contributed by atoms with Gasteiger partial charge in [0.15, 0.2) is 5.96 Å². The van der Waals surface area contributed by atoms with Gasteiger partial charge in [0, 0.05) is 38.5 Å². The predicted molar refractivity (Wildman–Crippen MR) is 110 cm³/mol. The van der Waals surface area contributed by atoms with Gasteiger partial charge >= 0.3 is 0 Å². The first-order chi connectivity index (χ1) is 11.6. The molecule has 0 aromatic heterocycles. The molecule has 0 bridgehead atoms. The highest BCUT2D eigenvalue weighted by molar-refractivity contribution is 14.0. The van der Waals surface area contributed by atoms with Crippen LogP contribution in [0.15, 0.2) is 29.3 Å². The molecule has 0 aliphatic heterocycles. The average molecular weight is 462 g/mol. The van der Waals surface area contributed by atoms with E-state index in [9.17, 15) is 9.18 Å². The standard InChI is InChI=1S/C18H27FN4O.HI/c1-3-11-21-16(24)8-12-22-17(20-2)23-13-18(9-10-18)14-6-4-5-7-15(14)19;/h4-7H,3,8-13H2,1-2H3,(H,21,24)(H2,20,22,23);1H. The molecule has 7 heteroatoms. The molecular weight excluding hydrogens is 434 g/mol. The first-order valence-electron chi connectivity index (χ1n) is 8.57. The molecule has 1 amide bonds. The van der Waals surface area contributed by atoms with Gasteiger partial charge in [-0.1, -0.05) is 25.1 Å². The van der Waals surface area contributed by atoms with Crippen LogP contribution in [0.25, 0.3) is 0 Å². The Bertz CT molecular complexity index is 590. The van der Waals surface area contributed by atoms with Crippen molar-refractivity contribution in [2.75, 3.05) is 26.7 Å². The number of nitrogens with one attached hydrogen (secondary N) is 3. The van der Waals surface area contributed by atoms with Crippen molar-refractivity contribution in [1.29, 1.82) is 0 Å². The van der Waals surface area contributed by atoms with E-state index in [1.807, 2.05) is 19.1 Å². The molecule has 1 aliphatic carbocycles. The van der Waals surface area contributed by atoms with Crippen molar-refractivity contribution in [2.24, 2.45) is 4.99 Å². The van der Waals surface area contributed by atoms with Gasteiger partial charge < -0.3 is 16.0 Å². The SMILES string of the molecule is CCCNC(=O)CCNC(=NC)NCC1(c2ccccc2F)CC1.I. The van der Waals surface area contributed by atoms with Crippen molar-refractivity contribution >= 4 is 35.8 Å². The second-order valence-electron chi connectivity index (χ2n) is 6.21.